The molecule has 0 spiro atoms. The number of anilines is 1. The Labute approximate surface area is 156 Å². The number of hydrogen-bond acceptors (Lipinski definition) is 4. The number of aryl methyl sites for hydroxylation is 1. The van der Waals surface area contributed by atoms with Gasteiger partial charge in [-0.15, -0.1) is 11.8 Å². The van der Waals surface area contributed by atoms with E-state index in [4.69, 9.17) is 0 Å². The van der Waals surface area contributed by atoms with Gasteiger partial charge in [0.25, 0.3) is 0 Å². The maximum atomic E-state index is 12.4. The van der Waals surface area contributed by atoms with Crippen molar-refractivity contribution < 1.29 is 9.59 Å². The summed E-state index contributed by atoms with van der Waals surface area (Å²) in [6, 6.07) is 16.9. The molecule has 1 aromatic heterocycles. The topological polar surface area (TPSA) is 64.0 Å². The average molecular weight is 365 g/mol. The van der Waals surface area contributed by atoms with E-state index in [0.29, 0.717) is 22.8 Å². The molecule has 26 heavy (non-hydrogen) atoms. The number of benzene rings is 2. The second-order valence-corrected chi connectivity index (χ2v) is 6.78. The lowest BCUT2D eigenvalue weighted by Crippen LogP contribution is -2.14. The second-order valence-electron chi connectivity index (χ2n) is 5.79. The number of hydrogen-bond donors (Lipinski definition) is 1. The van der Waals surface area contributed by atoms with Crippen LogP contribution in [0, 0.1) is 0 Å². The Morgan fingerprint density at radius 1 is 1.08 bits per heavy atom. The van der Waals surface area contributed by atoms with Crippen LogP contribution in [-0.2, 0) is 17.6 Å². The Balaban J connectivity index is 1.51. The van der Waals surface area contributed by atoms with E-state index in [1.165, 1.54) is 5.56 Å². The molecule has 1 amide bonds. The van der Waals surface area contributed by atoms with Crippen molar-refractivity contribution in [1.29, 1.82) is 0 Å². The summed E-state index contributed by atoms with van der Waals surface area (Å²) in [5, 5.41) is 2.85. The molecule has 0 atom stereocenters. The van der Waals surface area contributed by atoms with Crippen LogP contribution in [0.25, 0.3) is 0 Å². The summed E-state index contributed by atoms with van der Waals surface area (Å²) in [5.41, 5.74) is 2.41. The van der Waals surface area contributed by atoms with Crippen molar-refractivity contribution in [2.75, 3.05) is 11.1 Å². The van der Waals surface area contributed by atoms with Crippen LogP contribution in [0.5, 0.6) is 0 Å². The lowest BCUT2D eigenvalue weighted by molar-refractivity contribution is -0.113. The van der Waals surface area contributed by atoms with Crippen molar-refractivity contribution in [1.82, 2.24) is 9.55 Å². The number of carbonyl (C=O) groups excluding carboxylic acids is 2. The van der Waals surface area contributed by atoms with Gasteiger partial charge in [0, 0.05) is 36.4 Å². The molecule has 5 nitrogen and oxygen atoms in total. The zero-order valence-electron chi connectivity index (χ0n) is 14.4. The molecular formula is C20H19N3O2S. The minimum absolute atomic E-state index is 0.0610. The Kier molecular flexibility index (Phi) is 5.86. The van der Waals surface area contributed by atoms with Gasteiger partial charge in [-0.3, -0.25) is 9.59 Å². The predicted octanol–water partition coefficient (Wildman–Crippen LogP) is 3.52. The quantitative estimate of drug-likeness (QED) is 0.651. The summed E-state index contributed by atoms with van der Waals surface area (Å²) < 4.78 is 1.68. The largest absolute Gasteiger partial charge is 0.331 e. The summed E-state index contributed by atoms with van der Waals surface area (Å²) in [5.74, 6) is 1.36. The van der Waals surface area contributed by atoms with Crippen LogP contribution in [0.15, 0.2) is 67.0 Å². The normalized spacial score (nSPS) is 10.5. The fourth-order valence-electron chi connectivity index (χ4n) is 2.45. The Morgan fingerprint density at radius 2 is 1.81 bits per heavy atom. The first kappa shape index (κ1) is 17.9. The van der Waals surface area contributed by atoms with Crippen molar-refractivity contribution in [3.63, 3.8) is 0 Å². The molecule has 0 bridgehead atoms. The number of ketones is 1. The summed E-state index contributed by atoms with van der Waals surface area (Å²) in [4.78, 5) is 28.5. The lowest BCUT2D eigenvalue weighted by Gasteiger charge is -2.07. The van der Waals surface area contributed by atoms with Gasteiger partial charge in [0.1, 0.15) is 0 Å². The summed E-state index contributed by atoms with van der Waals surface area (Å²) in [7, 11) is 1.78. The molecule has 6 heteroatoms. The molecule has 0 aliphatic carbocycles. The van der Waals surface area contributed by atoms with Gasteiger partial charge in [-0.05, 0) is 29.8 Å². The minimum atomic E-state index is -0.145. The fourth-order valence-corrected chi connectivity index (χ4v) is 3.24. The minimum Gasteiger partial charge on any atom is -0.331 e. The van der Waals surface area contributed by atoms with Crippen molar-refractivity contribution in [2.45, 2.75) is 5.75 Å². The smallest absolute Gasteiger partial charge is 0.234 e. The standard InChI is InChI=1S/C20H19N3O2S/c1-23-12-11-21-20(23)19(25)16-7-9-17(10-8-16)22-18(24)14-26-13-15-5-3-2-4-6-15/h2-12H,13-14H2,1H3,(H,22,24). The van der Waals surface area contributed by atoms with Gasteiger partial charge in [-0.2, -0.15) is 0 Å². The highest BCUT2D eigenvalue weighted by molar-refractivity contribution is 7.99. The first-order valence-corrected chi connectivity index (χ1v) is 9.32. The molecule has 2 aromatic carbocycles. The Hall–Kier alpha value is -2.86. The van der Waals surface area contributed by atoms with Crippen LogP contribution in [-0.4, -0.2) is 27.0 Å². The molecule has 1 heterocycles. The highest BCUT2D eigenvalue weighted by Crippen LogP contribution is 2.15. The third kappa shape index (κ3) is 4.61. The third-order valence-electron chi connectivity index (χ3n) is 3.80. The van der Waals surface area contributed by atoms with Crippen LogP contribution in [0.4, 0.5) is 5.69 Å². The van der Waals surface area contributed by atoms with Crippen LogP contribution in [0.1, 0.15) is 21.7 Å². The molecule has 0 fully saturated rings. The maximum Gasteiger partial charge on any atom is 0.234 e. The van der Waals surface area contributed by atoms with Gasteiger partial charge in [-0.25, -0.2) is 4.98 Å². The van der Waals surface area contributed by atoms with E-state index >= 15 is 0 Å². The number of nitrogens with zero attached hydrogens (tertiary/aromatic N) is 2. The van der Waals surface area contributed by atoms with Crippen molar-refractivity contribution in [3.05, 3.63) is 83.9 Å². The van der Waals surface area contributed by atoms with E-state index in [0.717, 1.165) is 5.75 Å². The number of thioether (sulfide) groups is 1. The van der Waals surface area contributed by atoms with E-state index in [9.17, 15) is 9.59 Å². The van der Waals surface area contributed by atoms with Gasteiger partial charge < -0.3 is 9.88 Å². The zero-order chi connectivity index (χ0) is 18.4. The van der Waals surface area contributed by atoms with Gasteiger partial charge in [0.2, 0.25) is 11.7 Å². The van der Waals surface area contributed by atoms with Crippen LogP contribution in [0.2, 0.25) is 0 Å². The second kappa shape index (κ2) is 8.49. The van der Waals surface area contributed by atoms with Gasteiger partial charge in [0.15, 0.2) is 5.82 Å². The molecule has 0 radical (unpaired) electrons. The van der Waals surface area contributed by atoms with E-state index in [-0.39, 0.29) is 11.7 Å². The number of nitrogens with one attached hydrogen (secondary N) is 1. The Bertz CT molecular complexity index is 889. The monoisotopic (exact) mass is 365 g/mol. The van der Waals surface area contributed by atoms with Gasteiger partial charge in [0.05, 0.1) is 5.75 Å². The van der Waals surface area contributed by atoms with Gasteiger partial charge in [-0.1, -0.05) is 30.3 Å². The third-order valence-corrected chi connectivity index (χ3v) is 4.80. The molecule has 0 saturated carbocycles. The molecule has 3 aromatic rings. The van der Waals surface area contributed by atoms with Crippen molar-refractivity contribution in [3.8, 4) is 0 Å². The predicted molar refractivity (Wildman–Crippen MR) is 104 cm³/mol. The van der Waals surface area contributed by atoms with Crippen LogP contribution < -0.4 is 5.32 Å². The average Bonchev–Trinajstić information content (AvgIpc) is 3.08. The molecule has 0 aliphatic heterocycles. The van der Waals surface area contributed by atoms with E-state index < -0.39 is 0 Å². The number of imidazole rings is 1. The molecular weight excluding hydrogens is 346 g/mol. The molecule has 1 N–H and O–H groups in total. The fraction of sp³-hybridized carbons (Fsp3) is 0.150. The van der Waals surface area contributed by atoms with Crippen LogP contribution >= 0.6 is 11.8 Å². The first-order chi connectivity index (χ1) is 12.6. The molecule has 3 rings (SSSR count). The molecule has 0 aliphatic rings. The maximum absolute atomic E-state index is 12.4. The zero-order valence-corrected chi connectivity index (χ0v) is 15.2. The molecule has 132 valence electrons. The number of amides is 1. The SMILES string of the molecule is Cn1ccnc1C(=O)c1ccc(NC(=O)CSCc2ccccc2)cc1. The highest BCUT2D eigenvalue weighted by Gasteiger charge is 2.13. The van der Waals surface area contributed by atoms with E-state index in [2.05, 4.69) is 10.3 Å². The summed E-state index contributed by atoms with van der Waals surface area (Å²) in [6.07, 6.45) is 3.32. The number of rotatable bonds is 7. The molecule has 0 unspecified atom stereocenters. The number of carbonyl (C=O) groups is 2. The van der Waals surface area contributed by atoms with E-state index in [1.807, 2.05) is 30.3 Å². The molecule has 0 saturated heterocycles. The van der Waals surface area contributed by atoms with Gasteiger partial charge >= 0.3 is 0 Å². The lowest BCUT2D eigenvalue weighted by atomic mass is 10.1. The van der Waals surface area contributed by atoms with E-state index in [1.54, 1.807) is 60.0 Å². The number of aromatic nitrogens is 2. The van der Waals surface area contributed by atoms with Crippen molar-refractivity contribution in [2.24, 2.45) is 7.05 Å². The van der Waals surface area contributed by atoms with Crippen LogP contribution in [0.3, 0.4) is 0 Å². The summed E-state index contributed by atoms with van der Waals surface area (Å²) in [6.45, 7) is 0. The highest BCUT2D eigenvalue weighted by atomic mass is 32.2. The first-order valence-electron chi connectivity index (χ1n) is 8.17. The Morgan fingerprint density at radius 3 is 2.46 bits per heavy atom. The van der Waals surface area contributed by atoms with Crippen molar-refractivity contribution >= 4 is 29.1 Å². The summed E-state index contributed by atoms with van der Waals surface area (Å²) >= 11 is 1.56.